The smallest absolute Gasteiger partial charge is 0.243 e. The van der Waals surface area contributed by atoms with Crippen LogP contribution in [0.5, 0.6) is 0 Å². The monoisotopic (exact) mass is 391 g/mol. The van der Waals surface area contributed by atoms with Gasteiger partial charge >= 0.3 is 0 Å². The van der Waals surface area contributed by atoms with Gasteiger partial charge in [0.25, 0.3) is 0 Å². The molecule has 3 rings (SSSR count). The molecule has 1 spiro atoms. The first-order valence-electron chi connectivity index (χ1n) is 9.10. The Morgan fingerprint density at radius 1 is 1.15 bits per heavy atom. The summed E-state index contributed by atoms with van der Waals surface area (Å²) < 4.78 is 26.8. The van der Waals surface area contributed by atoms with Crippen LogP contribution in [0.3, 0.4) is 0 Å². The van der Waals surface area contributed by atoms with Gasteiger partial charge in [-0.05, 0) is 42.5 Å². The fourth-order valence-electron chi connectivity index (χ4n) is 4.83. The van der Waals surface area contributed by atoms with Gasteiger partial charge in [0.15, 0.2) is 17.3 Å². The van der Waals surface area contributed by atoms with Gasteiger partial charge in [-0.2, -0.15) is 0 Å². The van der Waals surface area contributed by atoms with E-state index < -0.39 is 21.4 Å². The number of hydrogen-bond donors (Lipinski definition) is 0. The van der Waals surface area contributed by atoms with Crippen molar-refractivity contribution in [1.29, 1.82) is 0 Å². The number of ketones is 3. The summed E-state index contributed by atoms with van der Waals surface area (Å²) in [6.45, 7) is 5.17. The van der Waals surface area contributed by atoms with E-state index in [0.717, 1.165) is 11.1 Å². The maximum Gasteiger partial charge on any atom is 0.243 e. The van der Waals surface area contributed by atoms with Crippen molar-refractivity contribution >= 4 is 27.4 Å². The molecule has 0 heterocycles. The van der Waals surface area contributed by atoms with Gasteiger partial charge in [-0.25, -0.2) is 12.7 Å². The average Bonchev–Trinajstić information content (AvgIpc) is 2.51. The van der Waals surface area contributed by atoms with Crippen LogP contribution in [0.2, 0.25) is 0 Å². The SMILES string of the molecule is CCC(=O)C1C(=O)CC2(CC1=O)Cc1cc(C)c(S(=O)(=O)N(C)C)c(C)c12. The first-order chi connectivity index (χ1) is 12.5. The summed E-state index contributed by atoms with van der Waals surface area (Å²) in [6, 6.07) is 1.85. The summed E-state index contributed by atoms with van der Waals surface area (Å²) in [5.41, 5.74) is 2.41. The summed E-state index contributed by atoms with van der Waals surface area (Å²) in [5.74, 6) is -2.13. The van der Waals surface area contributed by atoms with E-state index in [2.05, 4.69) is 0 Å². The third kappa shape index (κ3) is 2.79. The first-order valence-corrected chi connectivity index (χ1v) is 10.5. The third-order valence-corrected chi connectivity index (χ3v) is 8.03. The number of Topliss-reactive ketones (excluding diaryl/α,β-unsaturated/α-hetero) is 3. The van der Waals surface area contributed by atoms with Gasteiger partial charge < -0.3 is 0 Å². The Morgan fingerprint density at radius 2 is 1.70 bits per heavy atom. The number of nitrogens with zero attached hydrogens (tertiary/aromatic N) is 1. The zero-order valence-electron chi connectivity index (χ0n) is 16.4. The summed E-state index contributed by atoms with van der Waals surface area (Å²) in [7, 11) is -0.677. The first kappa shape index (κ1) is 19.9. The number of fused-ring (bicyclic) bond motifs is 2. The molecule has 1 saturated carbocycles. The number of aryl methyl sites for hydroxylation is 1. The van der Waals surface area contributed by atoms with Crippen LogP contribution in [0.15, 0.2) is 11.0 Å². The molecular weight excluding hydrogens is 366 g/mol. The van der Waals surface area contributed by atoms with E-state index in [1.165, 1.54) is 18.4 Å². The fourth-order valence-corrected chi connectivity index (χ4v) is 6.15. The molecule has 1 fully saturated rings. The molecule has 0 atom stereocenters. The van der Waals surface area contributed by atoms with Crippen molar-refractivity contribution in [1.82, 2.24) is 4.31 Å². The molecule has 2 aliphatic rings. The zero-order chi connectivity index (χ0) is 20.3. The molecule has 0 saturated heterocycles. The standard InChI is InChI=1S/C20H25NO5S/c1-6-14(22)17-15(23)9-20(10-16(17)24)8-13-7-11(2)19(12(3)18(13)20)27(25,26)21(4)5/h7,17H,6,8-10H2,1-5H3. The maximum atomic E-state index is 12.8. The Morgan fingerprint density at radius 3 is 2.19 bits per heavy atom. The molecule has 0 amide bonds. The molecular formula is C20H25NO5S. The molecule has 0 radical (unpaired) electrons. The van der Waals surface area contributed by atoms with E-state index in [0.29, 0.717) is 17.5 Å². The topological polar surface area (TPSA) is 88.6 Å². The minimum atomic E-state index is -3.64. The number of carbonyl (C=O) groups excluding carboxylic acids is 3. The van der Waals surface area contributed by atoms with Crippen molar-refractivity contribution < 1.29 is 22.8 Å². The van der Waals surface area contributed by atoms with Crippen LogP contribution in [-0.4, -0.2) is 44.2 Å². The highest BCUT2D eigenvalue weighted by Gasteiger charge is 2.54. The van der Waals surface area contributed by atoms with Gasteiger partial charge in [0.05, 0.1) is 4.90 Å². The third-order valence-electron chi connectivity index (χ3n) is 5.92. The van der Waals surface area contributed by atoms with Gasteiger partial charge in [-0.15, -0.1) is 0 Å². The van der Waals surface area contributed by atoms with Crippen LogP contribution in [0.1, 0.15) is 48.4 Å². The normalized spacial score (nSPS) is 24.9. The van der Waals surface area contributed by atoms with Crippen molar-refractivity contribution in [3.05, 3.63) is 28.3 Å². The van der Waals surface area contributed by atoms with E-state index in [4.69, 9.17) is 0 Å². The minimum Gasteiger partial charge on any atom is -0.298 e. The highest BCUT2D eigenvalue weighted by molar-refractivity contribution is 7.89. The lowest BCUT2D eigenvalue weighted by Crippen LogP contribution is -2.52. The van der Waals surface area contributed by atoms with Crippen molar-refractivity contribution in [3.63, 3.8) is 0 Å². The van der Waals surface area contributed by atoms with Crippen molar-refractivity contribution in [2.75, 3.05) is 14.1 Å². The number of carbonyl (C=O) groups is 3. The molecule has 0 aromatic heterocycles. The summed E-state index contributed by atoms with van der Waals surface area (Å²) >= 11 is 0. The molecule has 7 heteroatoms. The Labute approximate surface area is 160 Å². The van der Waals surface area contributed by atoms with Crippen LogP contribution in [0.25, 0.3) is 0 Å². The van der Waals surface area contributed by atoms with E-state index in [9.17, 15) is 22.8 Å². The van der Waals surface area contributed by atoms with Gasteiger partial charge in [0.1, 0.15) is 5.92 Å². The van der Waals surface area contributed by atoms with Crippen LogP contribution in [0, 0.1) is 19.8 Å². The van der Waals surface area contributed by atoms with Crippen molar-refractivity contribution in [2.45, 2.75) is 56.8 Å². The average molecular weight is 391 g/mol. The predicted molar refractivity (Wildman–Crippen MR) is 100 cm³/mol. The van der Waals surface area contributed by atoms with Crippen LogP contribution in [0.4, 0.5) is 0 Å². The zero-order valence-corrected chi connectivity index (χ0v) is 17.2. The molecule has 2 aliphatic carbocycles. The van der Waals surface area contributed by atoms with Crippen LogP contribution >= 0.6 is 0 Å². The van der Waals surface area contributed by atoms with Crippen LogP contribution in [-0.2, 0) is 36.2 Å². The Balaban J connectivity index is 2.10. The second-order valence-corrected chi connectivity index (χ2v) is 10.1. The fraction of sp³-hybridized carbons (Fsp3) is 0.550. The van der Waals surface area contributed by atoms with Gasteiger partial charge in [-0.1, -0.05) is 13.0 Å². The summed E-state index contributed by atoms with van der Waals surface area (Å²) in [6.07, 6.45) is 0.965. The molecule has 1 aromatic carbocycles. The van der Waals surface area contributed by atoms with Crippen LogP contribution < -0.4 is 0 Å². The molecule has 0 N–H and O–H groups in total. The largest absolute Gasteiger partial charge is 0.298 e. The molecule has 6 nitrogen and oxygen atoms in total. The lowest BCUT2D eigenvalue weighted by Gasteiger charge is -2.48. The Hall–Kier alpha value is -1.86. The number of hydrogen-bond acceptors (Lipinski definition) is 5. The van der Waals surface area contributed by atoms with E-state index in [1.807, 2.05) is 6.07 Å². The van der Waals surface area contributed by atoms with E-state index >= 15 is 0 Å². The molecule has 1 aromatic rings. The lowest BCUT2D eigenvalue weighted by molar-refractivity contribution is -0.144. The van der Waals surface area contributed by atoms with Gasteiger partial charge in [0.2, 0.25) is 10.0 Å². The second kappa shape index (κ2) is 6.34. The maximum absolute atomic E-state index is 12.8. The molecule has 0 aliphatic heterocycles. The minimum absolute atomic E-state index is 0.119. The Kier molecular flexibility index (Phi) is 4.67. The molecule has 27 heavy (non-hydrogen) atoms. The predicted octanol–water partition coefficient (Wildman–Crippen LogP) is 1.87. The molecule has 146 valence electrons. The number of benzene rings is 1. The van der Waals surface area contributed by atoms with Gasteiger partial charge in [-0.3, -0.25) is 14.4 Å². The number of rotatable bonds is 4. The summed E-state index contributed by atoms with van der Waals surface area (Å²) in [5, 5.41) is 0. The van der Waals surface area contributed by atoms with Crippen molar-refractivity contribution in [3.8, 4) is 0 Å². The number of sulfonamides is 1. The van der Waals surface area contributed by atoms with E-state index in [-0.39, 0.29) is 41.5 Å². The van der Waals surface area contributed by atoms with Gasteiger partial charge in [0, 0.05) is 38.8 Å². The lowest BCUT2D eigenvalue weighted by atomic mass is 9.54. The molecule has 0 bridgehead atoms. The second-order valence-electron chi connectivity index (χ2n) is 7.97. The highest BCUT2D eigenvalue weighted by atomic mass is 32.2. The highest BCUT2D eigenvalue weighted by Crippen LogP contribution is 2.53. The van der Waals surface area contributed by atoms with E-state index in [1.54, 1.807) is 20.8 Å². The molecule has 0 unspecified atom stereocenters. The quantitative estimate of drug-likeness (QED) is 0.731. The van der Waals surface area contributed by atoms with Crippen molar-refractivity contribution in [2.24, 2.45) is 5.92 Å². The Bertz CT molecular complexity index is 957. The summed E-state index contributed by atoms with van der Waals surface area (Å²) in [4.78, 5) is 37.5.